The maximum absolute atomic E-state index is 5.87. The van der Waals surface area contributed by atoms with Crippen LogP contribution >= 0.6 is 11.8 Å². The van der Waals surface area contributed by atoms with Gasteiger partial charge in [0.05, 0.1) is 5.69 Å². The zero-order valence-electron chi connectivity index (χ0n) is 16.5. The molecule has 30 heavy (non-hydrogen) atoms. The molecule has 1 aromatic heterocycles. The van der Waals surface area contributed by atoms with Crippen molar-refractivity contribution in [1.29, 1.82) is 0 Å². The van der Waals surface area contributed by atoms with Crippen LogP contribution in [0.4, 0.5) is 11.6 Å². The van der Waals surface area contributed by atoms with Crippen LogP contribution in [0.5, 0.6) is 0 Å². The molecule has 4 aromatic rings. The fourth-order valence-corrected chi connectivity index (χ4v) is 3.76. The first-order valence-electron chi connectivity index (χ1n) is 9.53. The summed E-state index contributed by atoms with van der Waals surface area (Å²) in [6, 6.07) is 28.3. The van der Waals surface area contributed by atoms with Crippen molar-refractivity contribution in [2.45, 2.75) is 16.0 Å². The van der Waals surface area contributed by atoms with E-state index in [4.69, 9.17) is 10.5 Å². The largest absolute Gasteiger partial charge is 0.363 e. The maximum atomic E-state index is 5.87. The average molecular weight is 415 g/mol. The molecule has 0 aliphatic carbocycles. The molecule has 1 unspecified atom stereocenters. The fourth-order valence-electron chi connectivity index (χ4n) is 2.92. The molecule has 0 fully saturated rings. The quantitative estimate of drug-likeness (QED) is 0.381. The summed E-state index contributed by atoms with van der Waals surface area (Å²) >= 11 is 1.74. The molecular weight excluding hydrogens is 392 g/mol. The summed E-state index contributed by atoms with van der Waals surface area (Å²) in [6.45, 7) is 0. The molecule has 1 atom stereocenters. The molecule has 3 N–H and O–H groups in total. The maximum Gasteiger partial charge on any atom is 0.227 e. The second-order valence-electron chi connectivity index (χ2n) is 6.61. The van der Waals surface area contributed by atoms with E-state index in [-0.39, 0.29) is 0 Å². The molecule has 1 heterocycles. The van der Waals surface area contributed by atoms with Gasteiger partial charge in [-0.15, -0.1) is 0 Å². The van der Waals surface area contributed by atoms with Gasteiger partial charge in [-0.2, -0.15) is 0 Å². The molecule has 0 bridgehead atoms. The van der Waals surface area contributed by atoms with Crippen molar-refractivity contribution >= 4 is 23.4 Å². The van der Waals surface area contributed by atoms with Crippen molar-refractivity contribution in [3.05, 3.63) is 96.7 Å². The van der Waals surface area contributed by atoms with Crippen molar-refractivity contribution in [2.24, 2.45) is 5.73 Å². The van der Waals surface area contributed by atoms with Crippen LogP contribution in [0.15, 0.2) is 101 Å². The van der Waals surface area contributed by atoms with Crippen LogP contribution in [0.1, 0.15) is 11.8 Å². The van der Waals surface area contributed by atoms with Crippen LogP contribution in [0.3, 0.4) is 0 Å². The van der Waals surface area contributed by atoms with Gasteiger partial charge in [-0.05, 0) is 48.0 Å². The number of hydrogen-bond donors (Lipinski definition) is 2. The lowest BCUT2D eigenvalue weighted by molar-refractivity contribution is 0.109. The van der Waals surface area contributed by atoms with Crippen LogP contribution in [0.2, 0.25) is 0 Å². The van der Waals surface area contributed by atoms with Crippen molar-refractivity contribution in [1.82, 2.24) is 9.97 Å². The van der Waals surface area contributed by atoms with Crippen LogP contribution in [0, 0.1) is 0 Å². The number of benzene rings is 3. The molecule has 0 saturated carbocycles. The molecule has 0 saturated heterocycles. The lowest BCUT2D eigenvalue weighted by Gasteiger charge is -2.11. The van der Waals surface area contributed by atoms with E-state index in [1.807, 2.05) is 48.5 Å². The Morgan fingerprint density at radius 2 is 1.57 bits per heavy atom. The van der Waals surface area contributed by atoms with Gasteiger partial charge < -0.3 is 15.8 Å². The first-order chi connectivity index (χ1) is 14.7. The third kappa shape index (κ3) is 5.04. The van der Waals surface area contributed by atoms with E-state index in [2.05, 4.69) is 51.7 Å². The first-order valence-corrected chi connectivity index (χ1v) is 10.3. The number of nitrogens with one attached hydrogen (secondary N) is 1. The number of ether oxygens (including phenoxy) is 1. The summed E-state index contributed by atoms with van der Waals surface area (Å²) in [4.78, 5) is 11.4. The van der Waals surface area contributed by atoms with Gasteiger partial charge in [0.2, 0.25) is 5.95 Å². The number of hydrogen-bond acceptors (Lipinski definition) is 6. The third-order valence-corrected chi connectivity index (χ3v) is 5.55. The number of methoxy groups -OCH3 is 1. The van der Waals surface area contributed by atoms with E-state index < -0.39 is 6.23 Å². The summed E-state index contributed by atoms with van der Waals surface area (Å²) < 4.78 is 5.13. The Morgan fingerprint density at radius 1 is 0.867 bits per heavy atom. The third-order valence-electron chi connectivity index (χ3n) is 4.53. The molecule has 0 aliphatic heterocycles. The van der Waals surface area contributed by atoms with Crippen molar-refractivity contribution in [2.75, 3.05) is 12.4 Å². The SMILES string of the molecule is COC(N)c1ccc(Nc2nccc(-c3ccc(Sc4ccccc4)cc3)n2)cc1. The number of aromatic nitrogens is 2. The Labute approximate surface area is 180 Å². The van der Waals surface area contributed by atoms with E-state index in [9.17, 15) is 0 Å². The summed E-state index contributed by atoms with van der Waals surface area (Å²) in [5, 5.41) is 3.23. The number of rotatable bonds is 7. The lowest BCUT2D eigenvalue weighted by atomic mass is 10.1. The normalized spacial score (nSPS) is 11.8. The average Bonchev–Trinajstić information content (AvgIpc) is 2.80. The van der Waals surface area contributed by atoms with Gasteiger partial charge in [0.1, 0.15) is 6.23 Å². The molecule has 5 nitrogen and oxygen atoms in total. The minimum absolute atomic E-state index is 0.429. The highest BCUT2D eigenvalue weighted by Crippen LogP contribution is 2.29. The van der Waals surface area contributed by atoms with Crippen LogP contribution < -0.4 is 11.1 Å². The molecule has 3 aromatic carbocycles. The molecule has 6 heteroatoms. The highest BCUT2D eigenvalue weighted by molar-refractivity contribution is 7.99. The van der Waals surface area contributed by atoms with Gasteiger partial charge in [0.15, 0.2) is 0 Å². The summed E-state index contributed by atoms with van der Waals surface area (Å²) in [7, 11) is 1.59. The number of nitrogens with two attached hydrogens (primary N) is 1. The van der Waals surface area contributed by atoms with Gasteiger partial charge in [0, 0.05) is 34.3 Å². The standard InChI is InChI=1S/C24H22N4OS/c1-29-23(25)18-7-11-19(12-8-18)27-24-26-16-15-22(28-24)17-9-13-21(14-10-17)30-20-5-3-2-4-6-20/h2-16,23H,25H2,1H3,(H,26,27,28). The van der Waals surface area contributed by atoms with E-state index in [0.29, 0.717) is 5.95 Å². The Bertz CT molecular complexity index is 1090. The van der Waals surface area contributed by atoms with E-state index in [1.165, 1.54) is 9.79 Å². The topological polar surface area (TPSA) is 73.1 Å². The number of anilines is 2. The van der Waals surface area contributed by atoms with Crippen molar-refractivity contribution in [3.63, 3.8) is 0 Å². The van der Waals surface area contributed by atoms with Gasteiger partial charge >= 0.3 is 0 Å². The smallest absolute Gasteiger partial charge is 0.227 e. The fraction of sp³-hybridized carbons (Fsp3) is 0.0833. The zero-order chi connectivity index (χ0) is 20.8. The zero-order valence-corrected chi connectivity index (χ0v) is 17.3. The van der Waals surface area contributed by atoms with E-state index in [0.717, 1.165) is 22.5 Å². The molecule has 0 radical (unpaired) electrons. The molecule has 150 valence electrons. The van der Waals surface area contributed by atoms with Gasteiger partial charge in [-0.25, -0.2) is 9.97 Å². The Balaban J connectivity index is 1.46. The molecule has 4 rings (SSSR count). The van der Waals surface area contributed by atoms with Gasteiger partial charge in [-0.3, -0.25) is 0 Å². The lowest BCUT2D eigenvalue weighted by Crippen LogP contribution is -2.11. The molecule has 0 amide bonds. The van der Waals surface area contributed by atoms with Crippen molar-refractivity contribution < 1.29 is 4.74 Å². The van der Waals surface area contributed by atoms with E-state index >= 15 is 0 Å². The summed E-state index contributed by atoms with van der Waals surface area (Å²) in [5.74, 6) is 0.541. The Kier molecular flexibility index (Phi) is 6.39. The minimum atomic E-state index is -0.429. The Hall–Kier alpha value is -3.19. The first kappa shape index (κ1) is 20.1. The number of nitrogens with zero attached hydrogens (tertiary/aromatic N) is 2. The minimum Gasteiger partial charge on any atom is -0.363 e. The highest BCUT2D eigenvalue weighted by Gasteiger charge is 2.06. The van der Waals surface area contributed by atoms with Crippen molar-refractivity contribution in [3.8, 4) is 11.3 Å². The molecule has 0 spiro atoms. The molecule has 0 aliphatic rings. The predicted molar refractivity (Wildman–Crippen MR) is 122 cm³/mol. The Morgan fingerprint density at radius 3 is 2.27 bits per heavy atom. The molecular formula is C24H22N4OS. The second kappa shape index (κ2) is 9.54. The summed E-state index contributed by atoms with van der Waals surface area (Å²) in [5.41, 5.74) is 9.56. The van der Waals surface area contributed by atoms with Gasteiger partial charge in [0.25, 0.3) is 0 Å². The second-order valence-corrected chi connectivity index (χ2v) is 7.76. The summed E-state index contributed by atoms with van der Waals surface area (Å²) in [6.07, 6.45) is 1.33. The van der Waals surface area contributed by atoms with Crippen LogP contribution in [0.25, 0.3) is 11.3 Å². The van der Waals surface area contributed by atoms with Crippen LogP contribution in [-0.4, -0.2) is 17.1 Å². The highest BCUT2D eigenvalue weighted by atomic mass is 32.2. The van der Waals surface area contributed by atoms with E-state index in [1.54, 1.807) is 25.1 Å². The van der Waals surface area contributed by atoms with Crippen LogP contribution in [-0.2, 0) is 4.74 Å². The predicted octanol–water partition coefficient (Wildman–Crippen LogP) is 5.64. The van der Waals surface area contributed by atoms with Gasteiger partial charge in [-0.1, -0.05) is 54.2 Å². The monoisotopic (exact) mass is 414 g/mol.